The summed E-state index contributed by atoms with van der Waals surface area (Å²) in [4.78, 5) is 28.4. The van der Waals surface area contributed by atoms with Crippen LogP contribution in [0.15, 0.2) is 35.5 Å². The summed E-state index contributed by atoms with van der Waals surface area (Å²) in [7, 11) is 0. The third-order valence-electron chi connectivity index (χ3n) is 4.13. The first-order valence-corrected chi connectivity index (χ1v) is 9.09. The number of halogens is 2. The lowest BCUT2D eigenvalue weighted by Crippen LogP contribution is -2.28. The first-order valence-electron chi connectivity index (χ1n) is 8.72. The smallest absolute Gasteiger partial charge is 0.332 e. The molecule has 29 heavy (non-hydrogen) atoms. The largest absolute Gasteiger partial charge is 0.505 e. The molecule has 1 aliphatic heterocycles. The van der Waals surface area contributed by atoms with E-state index in [-0.39, 0.29) is 40.8 Å². The topological polar surface area (TPSA) is 94.4 Å². The third kappa shape index (κ3) is 4.17. The Bertz CT molecular complexity index is 1010. The molecule has 2 aromatic rings. The van der Waals surface area contributed by atoms with E-state index in [1.54, 1.807) is 6.92 Å². The average Bonchev–Trinajstić information content (AvgIpc) is 3.12. The lowest BCUT2D eigenvalue weighted by atomic mass is 9.98. The maximum atomic E-state index is 14.0. The molecule has 0 amide bonds. The van der Waals surface area contributed by atoms with E-state index >= 15 is 0 Å². The van der Waals surface area contributed by atoms with Gasteiger partial charge in [-0.15, -0.1) is 0 Å². The minimum absolute atomic E-state index is 0.0106. The van der Waals surface area contributed by atoms with Gasteiger partial charge < -0.3 is 19.4 Å². The van der Waals surface area contributed by atoms with Gasteiger partial charge in [0.25, 0.3) is 5.90 Å². The molecule has 1 heterocycles. The molecule has 0 bridgehead atoms. The Labute approximate surface area is 170 Å². The highest BCUT2D eigenvalue weighted by Crippen LogP contribution is 2.44. The van der Waals surface area contributed by atoms with Crippen molar-refractivity contribution in [2.45, 2.75) is 26.4 Å². The molecule has 0 saturated heterocycles. The molecule has 0 radical (unpaired) electrons. The van der Waals surface area contributed by atoms with E-state index in [0.29, 0.717) is 5.56 Å². The lowest BCUT2D eigenvalue weighted by molar-refractivity contribution is -0.141. The molecule has 9 heteroatoms. The van der Waals surface area contributed by atoms with E-state index in [1.165, 1.54) is 31.2 Å². The molecule has 1 atom stereocenters. The summed E-state index contributed by atoms with van der Waals surface area (Å²) in [6.45, 7) is 3.15. The van der Waals surface area contributed by atoms with Crippen molar-refractivity contribution >= 4 is 29.3 Å². The molecule has 0 aromatic heterocycles. The van der Waals surface area contributed by atoms with Crippen LogP contribution in [0.1, 0.15) is 35.3 Å². The molecule has 0 spiro atoms. The summed E-state index contributed by atoms with van der Waals surface area (Å²) >= 11 is 6.20. The first kappa shape index (κ1) is 20.6. The van der Waals surface area contributed by atoms with E-state index in [2.05, 4.69) is 9.99 Å². The molecule has 1 N–H and O–H groups in total. The maximum absolute atomic E-state index is 14.0. The zero-order valence-electron chi connectivity index (χ0n) is 15.6. The standard InChI is InChI=1S/C20H17ClFNO6/c1-3-27-20(23-29-10(2)24)15-9-11-8-13(18(26)16(21)19(11)28-15)17(25)12-6-4-5-7-14(12)22/h4-8,15,26H,3,9H2,1-2H3. The van der Waals surface area contributed by atoms with Crippen LogP contribution >= 0.6 is 11.6 Å². The number of aromatic hydroxyl groups is 1. The molecule has 1 unspecified atom stereocenters. The van der Waals surface area contributed by atoms with Gasteiger partial charge in [-0.05, 0) is 30.3 Å². The Morgan fingerprint density at radius 1 is 1.34 bits per heavy atom. The van der Waals surface area contributed by atoms with Gasteiger partial charge in [-0.1, -0.05) is 23.7 Å². The van der Waals surface area contributed by atoms with Crippen molar-refractivity contribution in [2.24, 2.45) is 5.16 Å². The van der Waals surface area contributed by atoms with Gasteiger partial charge in [0, 0.05) is 18.9 Å². The number of oxime groups is 1. The van der Waals surface area contributed by atoms with Crippen molar-refractivity contribution in [1.29, 1.82) is 0 Å². The number of ether oxygens (including phenoxy) is 2. The van der Waals surface area contributed by atoms with Crippen LogP contribution in [0.2, 0.25) is 5.02 Å². The van der Waals surface area contributed by atoms with Crippen LogP contribution in [0.25, 0.3) is 0 Å². The fraction of sp³-hybridized carbons (Fsp3) is 0.250. The number of phenolic OH excluding ortho intramolecular Hbond substituents is 1. The zero-order chi connectivity index (χ0) is 21.1. The van der Waals surface area contributed by atoms with Crippen molar-refractivity contribution in [2.75, 3.05) is 6.61 Å². The van der Waals surface area contributed by atoms with Crippen LogP contribution in [0.5, 0.6) is 11.5 Å². The van der Waals surface area contributed by atoms with Crippen molar-refractivity contribution in [1.82, 2.24) is 0 Å². The number of hydrogen-bond acceptors (Lipinski definition) is 7. The van der Waals surface area contributed by atoms with Crippen LogP contribution in [0.4, 0.5) is 4.39 Å². The third-order valence-corrected chi connectivity index (χ3v) is 4.48. The number of carbonyl (C=O) groups is 2. The highest BCUT2D eigenvalue weighted by atomic mass is 35.5. The predicted octanol–water partition coefficient (Wildman–Crippen LogP) is 3.63. The van der Waals surface area contributed by atoms with Gasteiger partial charge in [-0.3, -0.25) is 4.79 Å². The Hall–Kier alpha value is -3.13. The normalized spacial score (nSPS) is 15.4. The molecule has 152 valence electrons. The second-order valence-electron chi connectivity index (χ2n) is 6.14. The molecule has 2 aromatic carbocycles. The Morgan fingerprint density at radius 3 is 2.72 bits per heavy atom. The monoisotopic (exact) mass is 421 g/mol. The van der Waals surface area contributed by atoms with Gasteiger partial charge >= 0.3 is 5.97 Å². The van der Waals surface area contributed by atoms with Gasteiger partial charge in [0.15, 0.2) is 11.9 Å². The number of fused-ring (bicyclic) bond motifs is 1. The molecular weight excluding hydrogens is 405 g/mol. The Balaban J connectivity index is 1.96. The minimum Gasteiger partial charge on any atom is -0.505 e. The number of hydrogen-bond donors (Lipinski definition) is 1. The predicted molar refractivity (Wildman–Crippen MR) is 102 cm³/mol. The van der Waals surface area contributed by atoms with Crippen LogP contribution in [0, 0.1) is 5.82 Å². The van der Waals surface area contributed by atoms with Crippen LogP contribution in [-0.4, -0.2) is 35.5 Å². The minimum atomic E-state index is -0.778. The van der Waals surface area contributed by atoms with Gasteiger partial charge in [0.1, 0.15) is 22.3 Å². The van der Waals surface area contributed by atoms with E-state index in [4.69, 9.17) is 21.1 Å². The second kappa shape index (κ2) is 8.48. The highest BCUT2D eigenvalue weighted by molar-refractivity contribution is 6.34. The summed E-state index contributed by atoms with van der Waals surface area (Å²) in [5, 5.41) is 13.9. The van der Waals surface area contributed by atoms with E-state index in [0.717, 1.165) is 6.07 Å². The molecule has 0 saturated carbocycles. The molecule has 1 aliphatic rings. The van der Waals surface area contributed by atoms with Crippen molar-refractivity contribution in [3.63, 3.8) is 0 Å². The summed E-state index contributed by atoms with van der Waals surface area (Å²) in [5.41, 5.74) is 0.145. The molecule has 3 rings (SSSR count). The van der Waals surface area contributed by atoms with E-state index in [9.17, 15) is 19.1 Å². The average molecular weight is 422 g/mol. The maximum Gasteiger partial charge on any atom is 0.332 e. The number of nitrogens with zero attached hydrogens (tertiary/aromatic N) is 1. The summed E-state index contributed by atoms with van der Waals surface area (Å²) < 4.78 is 25.1. The first-order chi connectivity index (χ1) is 13.8. The lowest BCUT2D eigenvalue weighted by Gasteiger charge is -2.13. The van der Waals surface area contributed by atoms with E-state index in [1.807, 2.05) is 0 Å². The van der Waals surface area contributed by atoms with Crippen LogP contribution in [0.3, 0.4) is 0 Å². The Kier molecular flexibility index (Phi) is 6.03. The molecule has 7 nitrogen and oxygen atoms in total. The van der Waals surface area contributed by atoms with Crippen molar-refractivity contribution in [3.8, 4) is 11.5 Å². The number of ketones is 1. The number of phenols is 1. The van der Waals surface area contributed by atoms with Crippen molar-refractivity contribution < 1.29 is 33.4 Å². The van der Waals surface area contributed by atoms with Crippen molar-refractivity contribution in [3.05, 3.63) is 57.9 Å². The van der Waals surface area contributed by atoms with Gasteiger partial charge in [-0.2, -0.15) is 0 Å². The molecular formula is C20H17ClFNO6. The number of benzene rings is 2. The highest BCUT2D eigenvalue weighted by Gasteiger charge is 2.34. The van der Waals surface area contributed by atoms with Gasteiger partial charge in [0.2, 0.25) is 0 Å². The second-order valence-corrected chi connectivity index (χ2v) is 6.52. The van der Waals surface area contributed by atoms with E-state index < -0.39 is 29.4 Å². The molecule has 0 fully saturated rings. The summed E-state index contributed by atoms with van der Waals surface area (Å²) in [6.07, 6.45) is -0.590. The zero-order valence-corrected chi connectivity index (χ0v) is 16.3. The van der Waals surface area contributed by atoms with Gasteiger partial charge in [-0.25, -0.2) is 9.18 Å². The van der Waals surface area contributed by atoms with Crippen LogP contribution < -0.4 is 4.74 Å². The van der Waals surface area contributed by atoms with Gasteiger partial charge in [0.05, 0.1) is 17.7 Å². The quantitative estimate of drug-likeness (QED) is 0.260. The molecule has 0 aliphatic carbocycles. The summed E-state index contributed by atoms with van der Waals surface area (Å²) in [6, 6.07) is 6.83. The summed E-state index contributed by atoms with van der Waals surface area (Å²) in [5.74, 6) is -2.42. The fourth-order valence-corrected chi connectivity index (χ4v) is 3.14. The Morgan fingerprint density at radius 2 is 2.07 bits per heavy atom. The number of carbonyl (C=O) groups excluding carboxylic acids is 2. The number of rotatable bonds is 5. The fourth-order valence-electron chi connectivity index (χ4n) is 2.87. The van der Waals surface area contributed by atoms with Crippen LogP contribution in [-0.2, 0) is 20.8 Å². The SMILES string of the molecule is CCOC(=NOC(C)=O)C1Cc2cc(C(=O)c3ccccc3F)c(O)c(Cl)c2O1.